The molecule has 7 nitrogen and oxygen atoms in total. The van der Waals surface area contributed by atoms with Gasteiger partial charge in [-0.2, -0.15) is 4.31 Å². The van der Waals surface area contributed by atoms with E-state index in [1.807, 2.05) is 0 Å². The Morgan fingerprint density at radius 3 is 2.45 bits per heavy atom. The van der Waals surface area contributed by atoms with Crippen LogP contribution in [0.1, 0.15) is 30.3 Å². The highest BCUT2D eigenvalue weighted by Gasteiger charge is 2.33. The molecule has 1 fully saturated rings. The fraction of sp³-hybridized carbons (Fsp3) is 0.583. The largest absolute Gasteiger partial charge is 0.475 e. The van der Waals surface area contributed by atoms with Crippen molar-refractivity contribution in [1.29, 1.82) is 0 Å². The maximum atomic E-state index is 12.3. The summed E-state index contributed by atoms with van der Waals surface area (Å²) in [6.45, 7) is 2.28. The van der Waals surface area contributed by atoms with Gasteiger partial charge in [-0.25, -0.2) is 13.2 Å². The summed E-state index contributed by atoms with van der Waals surface area (Å²) in [5.41, 5.74) is 0. The molecule has 8 heteroatoms. The topological polar surface area (TPSA) is 108 Å². The molecule has 1 unspecified atom stereocenters. The number of carboxylic acids is 1. The molecule has 2 rings (SSSR count). The Hall–Kier alpha value is -1.38. The molecule has 0 spiro atoms. The van der Waals surface area contributed by atoms with Gasteiger partial charge >= 0.3 is 5.97 Å². The SMILES string of the molecule is CC(O)C1CCN(S(=O)(=O)c2ccc(C(=O)O)o2)CC1. The van der Waals surface area contributed by atoms with E-state index >= 15 is 0 Å². The van der Waals surface area contributed by atoms with Gasteiger partial charge in [0.1, 0.15) is 0 Å². The number of rotatable bonds is 4. The molecule has 0 bridgehead atoms. The van der Waals surface area contributed by atoms with Crippen molar-refractivity contribution >= 4 is 16.0 Å². The van der Waals surface area contributed by atoms with Crippen LogP contribution in [0.2, 0.25) is 0 Å². The number of carbonyl (C=O) groups is 1. The maximum Gasteiger partial charge on any atom is 0.371 e. The van der Waals surface area contributed by atoms with Crippen molar-refractivity contribution in [1.82, 2.24) is 4.31 Å². The zero-order valence-electron chi connectivity index (χ0n) is 11.0. The van der Waals surface area contributed by atoms with Crippen LogP contribution < -0.4 is 0 Å². The monoisotopic (exact) mass is 303 g/mol. The number of aliphatic hydroxyl groups excluding tert-OH is 1. The van der Waals surface area contributed by atoms with Crippen LogP contribution in [-0.4, -0.2) is 48.1 Å². The second kappa shape index (κ2) is 5.55. The third-order valence-corrected chi connectivity index (χ3v) is 5.34. The van der Waals surface area contributed by atoms with E-state index in [9.17, 15) is 18.3 Å². The minimum atomic E-state index is -3.80. The van der Waals surface area contributed by atoms with Gasteiger partial charge < -0.3 is 14.6 Å². The number of piperidine rings is 1. The van der Waals surface area contributed by atoms with Gasteiger partial charge in [0.25, 0.3) is 10.0 Å². The molecule has 1 aromatic rings. The third kappa shape index (κ3) is 2.87. The molecular weight excluding hydrogens is 286 g/mol. The Balaban J connectivity index is 2.13. The standard InChI is InChI=1S/C12H17NO6S/c1-8(14)9-4-6-13(7-5-9)20(17,18)11-3-2-10(19-11)12(15)16/h2-3,8-9,14H,4-7H2,1H3,(H,15,16). The first-order valence-electron chi connectivity index (χ1n) is 6.33. The summed E-state index contributed by atoms with van der Waals surface area (Å²) in [5, 5.41) is 17.9. The molecule has 0 saturated carbocycles. The van der Waals surface area contributed by atoms with Crippen molar-refractivity contribution in [2.75, 3.05) is 13.1 Å². The van der Waals surface area contributed by atoms with E-state index in [-0.39, 0.29) is 11.0 Å². The number of carboxylic acid groups (broad SMARTS) is 1. The third-order valence-electron chi connectivity index (χ3n) is 3.57. The van der Waals surface area contributed by atoms with Crippen molar-refractivity contribution in [2.24, 2.45) is 5.92 Å². The average Bonchev–Trinajstić information content (AvgIpc) is 2.89. The second-order valence-corrected chi connectivity index (χ2v) is 6.77. The zero-order valence-corrected chi connectivity index (χ0v) is 11.8. The number of aromatic carboxylic acids is 1. The predicted molar refractivity (Wildman–Crippen MR) is 68.8 cm³/mol. The number of hydrogen-bond acceptors (Lipinski definition) is 5. The van der Waals surface area contributed by atoms with Crippen molar-refractivity contribution < 1.29 is 27.8 Å². The first kappa shape index (κ1) is 15.0. The number of aliphatic hydroxyl groups is 1. The molecule has 1 aliphatic heterocycles. The number of hydrogen-bond donors (Lipinski definition) is 2. The maximum absolute atomic E-state index is 12.3. The Morgan fingerprint density at radius 1 is 1.40 bits per heavy atom. The molecule has 0 aliphatic carbocycles. The van der Waals surface area contributed by atoms with Crippen LogP contribution in [0.5, 0.6) is 0 Å². The van der Waals surface area contributed by atoms with Crippen molar-refractivity contribution in [3.05, 3.63) is 17.9 Å². The molecule has 2 N–H and O–H groups in total. The van der Waals surface area contributed by atoms with Crippen LogP contribution in [-0.2, 0) is 10.0 Å². The highest BCUT2D eigenvalue weighted by atomic mass is 32.2. The fourth-order valence-corrected chi connectivity index (χ4v) is 3.68. The Morgan fingerprint density at radius 2 is 2.00 bits per heavy atom. The first-order chi connectivity index (χ1) is 9.32. The summed E-state index contributed by atoms with van der Waals surface area (Å²) in [5.74, 6) is -1.62. The van der Waals surface area contributed by atoms with Crippen LogP contribution in [0, 0.1) is 5.92 Å². The molecule has 1 atom stereocenters. The Bertz CT molecular complexity index is 583. The molecule has 112 valence electrons. The first-order valence-corrected chi connectivity index (χ1v) is 7.77. The van der Waals surface area contributed by atoms with Gasteiger partial charge in [0.15, 0.2) is 0 Å². The van der Waals surface area contributed by atoms with Crippen LogP contribution >= 0.6 is 0 Å². The predicted octanol–water partition coefficient (Wildman–Crippen LogP) is 0.759. The molecule has 1 saturated heterocycles. The molecule has 20 heavy (non-hydrogen) atoms. The lowest BCUT2D eigenvalue weighted by atomic mass is 9.93. The number of furan rings is 1. The van der Waals surface area contributed by atoms with E-state index in [0.29, 0.717) is 25.9 Å². The fourth-order valence-electron chi connectivity index (χ4n) is 2.30. The van der Waals surface area contributed by atoms with Crippen LogP contribution in [0.25, 0.3) is 0 Å². The minimum Gasteiger partial charge on any atom is -0.475 e. The summed E-state index contributed by atoms with van der Waals surface area (Å²) in [6.07, 6.45) is 0.689. The molecule has 2 heterocycles. The van der Waals surface area contributed by atoms with E-state index in [1.165, 1.54) is 4.31 Å². The van der Waals surface area contributed by atoms with Gasteiger partial charge in [0.2, 0.25) is 10.9 Å². The average molecular weight is 303 g/mol. The molecule has 0 radical (unpaired) electrons. The van der Waals surface area contributed by atoms with Gasteiger partial charge in [-0.15, -0.1) is 0 Å². The van der Waals surface area contributed by atoms with E-state index in [4.69, 9.17) is 9.52 Å². The van der Waals surface area contributed by atoms with Crippen LogP contribution in [0.4, 0.5) is 0 Å². The molecule has 1 aromatic heterocycles. The lowest BCUT2D eigenvalue weighted by Crippen LogP contribution is -2.40. The molecule has 1 aliphatic rings. The lowest BCUT2D eigenvalue weighted by Gasteiger charge is -2.31. The van der Waals surface area contributed by atoms with E-state index < -0.39 is 27.9 Å². The quantitative estimate of drug-likeness (QED) is 0.850. The van der Waals surface area contributed by atoms with E-state index in [1.54, 1.807) is 6.92 Å². The van der Waals surface area contributed by atoms with Gasteiger partial charge in [-0.05, 0) is 37.8 Å². The number of nitrogens with zero attached hydrogens (tertiary/aromatic N) is 1. The van der Waals surface area contributed by atoms with E-state index in [2.05, 4.69) is 0 Å². The summed E-state index contributed by atoms with van der Waals surface area (Å²) < 4.78 is 30.7. The van der Waals surface area contributed by atoms with E-state index in [0.717, 1.165) is 12.1 Å². The Labute approximate surface area is 116 Å². The normalized spacial score (nSPS) is 19.9. The minimum absolute atomic E-state index is 0.0904. The lowest BCUT2D eigenvalue weighted by molar-refractivity contribution is 0.0655. The van der Waals surface area contributed by atoms with Crippen LogP contribution in [0.15, 0.2) is 21.6 Å². The zero-order chi connectivity index (χ0) is 14.9. The van der Waals surface area contributed by atoms with Gasteiger partial charge in [0, 0.05) is 13.1 Å². The summed E-state index contributed by atoms with van der Waals surface area (Å²) in [6, 6.07) is 2.28. The van der Waals surface area contributed by atoms with Crippen molar-refractivity contribution in [3.63, 3.8) is 0 Å². The summed E-state index contributed by atoms with van der Waals surface area (Å²) in [7, 11) is -3.80. The highest BCUT2D eigenvalue weighted by Crippen LogP contribution is 2.26. The highest BCUT2D eigenvalue weighted by molar-refractivity contribution is 7.89. The summed E-state index contributed by atoms with van der Waals surface area (Å²) in [4.78, 5) is 10.7. The number of sulfonamides is 1. The van der Waals surface area contributed by atoms with Crippen LogP contribution in [0.3, 0.4) is 0 Å². The van der Waals surface area contributed by atoms with Gasteiger partial charge in [-0.1, -0.05) is 0 Å². The van der Waals surface area contributed by atoms with Gasteiger partial charge in [-0.3, -0.25) is 0 Å². The summed E-state index contributed by atoms with van der Waals surface area (Å²) >= 11 is 0. The van der Waals surface area contributed by atoms with Crippen molar-refractivity contribution in [2.45, 2.75) is 31.0 Å². The smallest absolute Gasteiger partial charge is 0.371 e. The second-order valence-electron chi connectivity index (χ2n) is 4.91. The molecule has 0 aromatic carbocycles. The van der Waals surface area contributed by atoms with Gasteiger partial charge in [0.05, 0.1) is 6.10 Å². The van der Waals surface area contributed by atoms with Crippen molar-refractivity contribution in [3.8, 4) is 0 Å². The molecule has 0 amide bonds. The Kier molecular flexibility index (Phi) is 4.17. The molecular formula is C12H17NO6S.